The second-order valence-electron chi connectivity index (χ2n) is 5.81. The zero-order valence-corrected chi connectivity index (χ0v) is 15.1. The molecule has 0 saturated heterocycles. The predicted molar refractivity (Wildman–Crippen MR) is 93.6 cm³/mol. The molecule has 0 aliphatic heterocycles. The summed E-state index contributed by atoms with van der Waals surface area (Å²) in [5.74, 6) is 0.917. The van der Waals surface area contributed by atoms with Gasteiger partial charge in [-0.3, -0.25) is 9.59 Å². The average Bonchev–Trinajstić information content (AvgIpc) is 2.54. The fraction of sp³-hybridized carbons (Fsp3) is 0.556. The molecule has 1 aromatic carbocycles. The van der Waals surface area contributed by atoms with Crippen LogP contribution < -0.4 is 20.1 Å². The summed E-state index contributed by atoms with van der Waals surface area (Å²) in [5, 5.41) is 5.46. The number of carbonyl (C=O) groups excluding carboxylic acids is 2. The molecule has 0 unspecified atom stereocenters. The van der Waals surface area contributed by atoms with Crippen LogP contribution in [0.15, 0.2) is 18.2 Å². The quantitative estimate of drug-likeness (QED) is 0.726. The second-order valence-corrected chi connectivity index (χ2v) is 5.81. The van der Waals surface area contributed by atoms with Gasteiger partial charge in [-0.2, -0.15) is 0 Å². The first-order valence-corrected chi connectivity index (χ1v) is 8.36. The first-order chi connectivity index (χ1) is 11.4. The molecule has 6 heteroatoms. The smallest absolute Gasteiger partial charge is 0.251 e. The van der Waals surface area contributed by atoms with E-state index in [1.54, 1.807) is 18.2 Å². The molecule has 2 amide bonds. The van der Waals surface area contributed by atoms with E-state index in [2.05, 4.69) is 10.6 Å². The lowest BCUT2D eigenvalue weighted by molar-refractivity contribution is -0.121. The summed E-state index contributed by atoms with van der Waals surface area (Å²) in [6.07, 6.45) is 0. The van der Waals surface area contributed by atoms with Gasteiger partial charge in [0.05, 0.1) is 19.8 Å². The van der Waals surface area contributed by atoms with Gasteiger partial charge in [0.15, 0.2) is 11.5 Å². The van der Waals surface area contributed by atoms with Crippen LogP contribution in [0.25, 0.3) is 0 Å². The highest BCUT2D eigenvalue weighted by molar-refractivity contribution is 5.97. The summed E-state index contributed by atoms with van der Waals surface area (Å²) >= 11 is 0. The van der Waals surface area contributed by atoms with Crippen LogP contribution in [0.3, 0.4) is 0 Å². The van der Waals surface area contributed by atoms with Crippen LogP contribution in [0.2, 0.25) is 0 Å². The Hall–Kier alpha value is -2.24. The van der Waals surface area contributed by atoms with Crippen LogP contribution in [-0.4, -0.2) is 37.6 Å². The van der Waals surface area contributed by atoms with E-state index in [0.29, 0.717) is 36.2 Å². The number of amides is 2. The third-order valence-corrected chi connectivity index (χ3v) is 3.60. The van der Waals surface area contributed by atoms with Crippen LogP contribution >= 0.6 is 0 Å². The molecule has 6 nitrogen and oxygen atoms in total. The van der Waals surface area contributed by atoms with Gasteiger partial charge in [0.25, 0.3) is 5.91 Å². The first kappa shape index (κ1) is 19.8. The van der Waals surface area contributed by atoms with Crippen molar-refractivity contribution >= 4 is 11.8 Å². The first-order valence-electron chi connectivity index (χ1n) is 8.36. The van der Waals surface area contributed by atoms with Crippen LogP contribution in [0.5, 0.6) is 11.5 Å². The average molecular weight is 336 g/mol. The molecule has 134 valence electrons. The topological polar surface area (TPSA) is 76.7 Å². The van der Waals surface area contributed by atoms with Crippen molar-refractivity contribution < 1.29 is 19.1 Å². The largest absolute Gasteiger partial charge is 0.490 e. The lowest BCUT2D eigenvalue weighted by Crippen LogP contribution is -2.42. The number of ether oxygens (including phenoxy) is 2. The van der Waals surface area contributed by atoms with Crippen LogP contribution in [-0.2, 0) is 4.79 Å². The maximum absolute atomic E-state index is 12.2. The van der Waals surface area contributed by atoms with Crippen molar-refractivity contribution in [2.24, 2.45) is 5.92 Å². The molecule has 0 aromatic heterocycles. The Morgan fingerprint density at radius 1 is 1.04 bits per heavy atom. The Morgan fingerprint density at radius 2 is 1.67 bits per heavy atom. The van der Waals surface area contributed by atoms with Gasteiger partial charge in [0, 0.05) is 11.6 Å². The number of hydrogen-bond acceptors (Lipinski definition) is 4. The minimum absolute atomic E-state index is 0.0597. The van der Waals surface area contributed by atoms with Gasteiger partial charge in [-0.15, -0.1) is 0 Å². The fourth-order valence-electron chi connectivity index (χ4n) is 1.93. The Labute approximate surface area is 143 Å². The zero-order chi connectivity index (χ0) is 18.1. The highest BCUT2D eigenvalue weighted by atomic mass is 16.5. The van der Waals surface area contributed by atoms with Gasteiger partial charge in [0.1, 0.15) is 0 Å². The lowest BCUT2D eigenvalue weighted by atomic mass is 10.1. The molecular formula is C18H28N2O4. The van der Waals surface area contributed by atoms with Gasteiger partial charge < -0.3 is 20.1 Å². The summed E-state index contributed by atoms with van der Waals surface area (Å²) in [7, 11) is 0. The molecule has 24 heavy (non-hydrogen) atoms. The Balaban J connectivity index is 2.67. The molecule has 0 aliphatic carbocycles. The van der Waals surface area contributed by atoms with E-state index in [-0.39, 0.29) is 24.4 Å². The second kappa shape index (κ2) is 9.80. The lowest BCUT2D eigenvalue weighted by Gasteiger charge is -2.17. The van der Waals surface area contributed by atoms with E-state index in [0.717, 1.165) is 0 Å². The van der Waals surface area contributed by atoms with Crippen molar-refractivity contribution in [2.45, 2.75) is 40.7 Å². The van der Waals surface area contributed by atoms with Gasteiger partial charge in [-0.25, -0.2) is 0 Å². The van der Waals surface area contributed by atoms with Crippen molar-refractivity contribution in [3.63, 3.8) is 0 Å². The predicted octanol–water partition coefficient (Wildman–Crippen LogP) is 2.37. The maximum Gasteiger partial charge on any atom is 0.251 e. The van der Waals surface area contributed by atoms with E-state index in [1.165, 1.54) is 0 Å². The van der Waals surface area contributed by atoms with Crippen molar-refractivity contribution in [3.8, 4) is 11.5 Å². The third kappa shape index (κ3) is 6.10. The Bertz CT molecular complexity index is 558. The molecule has 0 fully saturated rings. The highest BCUT2D eigenvalue weighted by Gasteiger charge is 2.14. The number of hydrogen-bond donors (Lipinski definition) is 2. The molecule has 0 bridgehead atoms. The molecule has 0 radical (unpaired) electrons. The van der Waals surface area contributed by atoms with E-state index in [4.69, 9.17) is 9.47 Å². The number of nitrogens with one attached hydrogen (secondary N) is 2. The van der Waals surface area contributed by atoms with Crippen molar-refractivity contribution in [1.82, 2.24) is 10.6 Å². The van der Waals surface area contributed by atoms with E-state index < -0.39 is 0 Å². The van der Waals surface area contributed by atoms with Crippen molar-refractivity contribution in [1.29, 1.82) is 0 Å². The summed E-state index contributed by atoms with van der Waals surface area (Å²) in [6, 6.07) is 5.03. The molecule has 1 rings (SSSR count). The molecule has 0 heterocycles. The SMILES string of the molecule is CCOc1ccc(C(=O)NCC(=O)N[C@H](C)C(C)C)cc1OCC. The molecule has 1 atom stereocenters. The van der Waals surface area contributed by atoms with Crippen LogP contribution in [0.4, 0.5) is 0 Å². The van der Waals surface area contributed by atoms with Crippen molar-refractivity contribution in [2.75, 3.05) is 19.8 Å². The van der Waals surface area contributed by atoms with Gasteiger partial charge in [-0.05, 0) is 44.9 Å². The van der Waals surface area contributed by atoms with Crippen molar-refractivity contribution in [3.05, 3.63) is 23.8 Å². The summed E-state index contributed by atoms with van der Waals surface area (Å²) in [6.45, 7) is 10.7. The highest BCUT2D eigenvalue weighted by Crippen LogP contribution is 2.28. The summed E-state index contributed by atoms with van der Waals surface area (Å²) in [5.41, 5.74) is 0.423. The van der Waals surface area contributed by atoms with Crippen LogP contribution in [0, 0.1) is 5.92 Å². The summed E-state index contributed by atoms with van der Waals surface area (Å²) < 4.78 is 11.0. The van der Waals surface area contributed by atoms with E-state index in [9.17, 15) is 9.59 Å². The van der Waals surface area contributed by atoms with Crippen LogP contribution in [0.1, 0.15) is 45.0 Å². The fourth-order valence-corrected chi connectivity index (χ4v) is 1.93. The minimum Gasteiger partial charge on any atom is -0.490 e. The standard InChI is InChI=1S/C18H28N2O4/c1-6-23-15-9-8-14(10-16(15)24-7-2)18(22)19-11-17(21)20-13(5)12(3)4/h8-10,12-13H,6-7,11H2,1-5H3,(H,19,22)(H,20,21)/t13-/m1/s1. The molecular weight excluding hydrogens is 308 g/mol. The van der Waals surface area contributed by atoms with E-state index >= 15 is 0 Å². The summed E-state index contributed by atoms with van der Waals surface area (Å²) in [4.78, 5) is 24.0. The van der Waals surface area contributed by atoms with Gasteiger partial charge >= 0.3 is 0 Å². The third-order valence-electron chi connectivity index (χ3n) is 3.60. The minimum atomic E-state index is -0.327. The number of carbonyl (C=O) groups is 2. The molecule has 0 spiro atoms. The molecule has 1 aromatic rings. The number of rotatable bonds is 9. The molecule has 0 saturated carbocycles. The zero-order valence-electron chi connectivity index (χ0n) is 15.1. The Kier molecular flexibility index (Phi) is 8.09. The number of benzene rings is 1. The molecule has 2 N–H and O–H groups in total. The van der Waals surface area contributed by atoms with Gasteiger partial charge in [-0.1, -0.05) is 13.8 Å². The monoisotopic (exact) mass is 336 g/mol. The van der Waals surface area contributed by atoms with E-state index in [1.807, 2.05) is 34.6 Å². The Morgan fingerprint density at radius 3 is 2.25 bits per heavy atom. The maximum atomic E-state index is 12.2. The normalized spacial score (nSPS) is 11.8. The molecule has 0 aliphatic rings. The van der Waals surface area contributed by atoms with Gasteiger partial charge in [0.2, 0.25) is 5.91 Å².